The average molecular weight is 341 g/mol. The van der Waals surface area contributed by atoms with Gasteiger partial charge in [-0.2, -0.15) is 0 Å². The fraction of sp³-hybridized carbons (Fsp3) is 0.0588. The van der Waals surface area contributed by atoms with Gasteiger partial charge in [0, 0.05) is 29.3 Å². The molecule has 7 heteroatoms. The lowest BCUT2D eigenvalue weighted by atomic mass is 10.2. The molecule has 0 aliphatic carbocycles. The van der Waals surface area contributed by atoms with Crippen molar-refractivity contribution in [1.29, 1.82) is 0 Å². The number of halogens is 1. The summed E-state index contributed by atoms with van der Waals surface area (Å²) in [6.45, 7) is 0.232. The van der Waals surface area contributed by atoms with Crippen molar-refractivity contribution in [2.45, 2.75) is 6.54 Å². The maximum Gasteiger partial charge on any atom is 0.274 e. The highest BCUT2D eigenvalue weighted by Gasteiger charge is 2.19. The number of amides is 1. The molecule has 3 aromatic heterocycles. The zero-order valence-electron chi connectivity index (χ0n) is 12.4. The summed E-state index contributed by atoms with van der Waals surface area (Å²) in [6.07, 6.45) is 3.16. The van der Waals surface area contributed by atoms with Gasteiger partial charge in [-0.3, -0.25) is 10.1 Å². The standard InChI is InChI=1S/C17H12FN3O2S/c18-12-4-2-1-3-11(12)10-21-13-5-7-23-15(13)9-14(21)16(22)20-17-19-6-8-24-17/h1-9H,10H2,(H,19,20,22). The van der Waals surface area contributed by atoms with Gasteiger partial charge in [-0.05, 0) is 6.07 Å². The van der Waals surface area contributed by atoms with Crippen LogP contribution in [0.4, 0.5) is 9.52 Å². The van der Waals surface area contributed by atoms with Crippen LogP contribution in [0.1, 0.15) is 16.1 Å². The lowest BCUT2D eigenvalue weighted by molar-refractivity contribution is 0.101. The van der Waals surface area contributed by atoms with Gasteiger partial charge in [0.05, 0.1) is 18.3 Å². The van der Waals surface area contributed by atoms with Crippen LogP contribution in [0.25, 0.3) is 11.1 Å². The Balaban J connectivity index is 1.74. The lowest BCUT2D eigenvalue weighted by Gasteiger charge is -2.10. The SMILES string of the molecule is O=C(Nc1nccs1)c1cc2occc2n1Cc1ccccc1F. The molecule has 0 aliphatic heterocycles. The van der Waals surface area contributed by atoms with E-state index in [0.717, 1.165) is 5.52 Å². The molecule has 0 radical (unpaired) electrons. The van der Waals surface area contributed by atoms with Gasteiger partial charge in [0.15, 0.2) is 10.7 Å². The number of rotatable bonds is 4. The average Bonchev–Trinajstić information content (AvgIpc) is 3.28. The highest BCUT2D eigenvalue weighted by Crippen LogP contribution is 2.24. The van der Waals surface area contributed by atoms with Crippen LogP contribution in [-0.2, 0) is 6.54 Å². The molecule has 4 rings (SSSR count). The summed E-state index contributed by atoms with van der Waals surface area (Å²) < 4.78 is 21.1. The van der Waals surface area contributed by atoms with E-state index in [1.807, 2.05) is 0 Å². The maximum absolute atomic E-state index is 14.0. The van der Waals surface area contributed by atoms with Gasteiger partial charge in [0.1, 0.15) is 11.5 Å². The van der Waals surface area contributed by atoms with Crippen molar-refractivity contribution >= 4 is 33.5 Å². The number of nitrogens with one attached hydrogen (secondary N) is 1. The summed E-state index contributed by atoms with van der Waals surface area (Å²) in [7, 11) is 0. The molecular formula is C17H12FN3O2S. The molecule has 1 aromatic carbocycles. The third-order valence-electron chi connectivity index (χ3n) is 3.69. The Morgan fingerprint density at radius 3 is 3.00 bits per heavy atom. The van der Waals surface area contributed by atoms with E-state index in [0.29, 0.717) is 22.0 Å². The van der Waals surface area contributed by atoms with Gasteiger partial charge >= 0.3 is 0 Å². The van der Waals surface area contributed by atoms with Gasteiger partial charge in [0.25, 0.3) is 5.91 Å². The van der Waals surface area contributed by atoms with Crippen molar-refractivity contribution in [2.75, 3.05) is 5.32 Å². The minimum atomic E-state index is -0.312. The number of benzene rings is 1. The van der Waals surface area contributed by atoms with E-state index >= 15 is 0 Å². The molecule has 0 fully saturated rings. The molecule has 3 heterocycles. The molecule has 0 aliphatic rings. The van der Waals surface area contributed by atoms with Crippen molar-refractivity contribution in [3.05, 3.63) is 71.3 Å². The molecule has 0 bridgehead atoms. The Morgan fingerprint density at radius 1 is 1.33 bits per heavy atom. The van der Waals surface area contributed by atoms with Crippen LogP contribution in [0.5, 0.6) is 0 Å². The monoisotopic (exact) mass is 341 g/mol. The lowest BCUT2D eigenvalue weighted by Crippen LogP contribution is -2.17. The Morgan fingerprint density at radius 2 is 2.21 bits per heavy atom. The molecule has 5 nitrogen and oxygen atoms in total. The van der Waals surface area contributed by atoms with Crippen LogP contribution in [0.3, 0.4) is 0 Å². The summed E-state index contributed by atoms with van der Waals surface area (Å²) in [5.41, 5.74) is 2.21. The minimum Gasteiger partial charge on any atom is -0.463 e. The zero-order valence-corrected chi connectivity index (χ0v) is 13.2. The van der Waals surface area contributed by atoms with Gasteiger partial charge in [0.2, 0.25) is 0 Å². The quantitative estimate of drug-likeness (QED) is 0.607. The number of furan rings is 1. The fourth-order valence-electron chi connectivity index (χ4n) is 2.58. The highest BCUT2D eigenvalue weighted by atomic mass is 32.1. The number of aromatic nitrogens is 2. The predicted octanol–water partition coefficient (Wildman–Crippen LogP) is 4.13. The summed E-state index contributed by atoms with van der Waals surface area (Å²) in [6, 6.07) is 9.92. The van der Waals surface area contributed by atoms with Crippen molar-refractivity contribution in [3.63, 3.8) is 0 Å². The summed E-state index contributed by atoms with van der Waals surface area (Å²) in [4.78, 5) is 16.6. The van der Waals surface area contributed by atoms with Crippen molar-refractivity contribution in [1.82, 2.24) is 9.55 Å². The molecule has 120 valence electrons. The molecule has 1 amide bonds. The second kappa shape index (κ2) is 5.93. The third kappa shape index (κ3) is 2.59. The van der Waals surface area contributed by atoms with E-state index in [9.17, 15) is 9.18 Å². The van der Waals surface area contributed by atoms with Crippen molar-refractivity contribution in [3.8, 4) is 0 Å². The molecule has 0 spiro atoms. The van der Waals surface area contributed by atoms with Gasteiger partial charge in [-0.15, -0.1) is 11.3 Å². The number of hydrogen-bond donors (Lipinski definition) is 1. The summed E-state index contributed by atoms with van der Waals surface area (Å²) in [5, 5.41) is 5.03. The Labute approximate surface area is 140 Å². The zero-order chi connectivity index (χ0) is 16.5. The second-order valence-corrected chi connectivity index (χ2v) is 6.06. The first-order valence-corrected chi connectivity index (χ1v) is 8.11. The van der Waals surface area contributed by atoms with Crippen LogP contribution in [0.2, 0.25) is 0 Å². The van der Waals surface area contributed by atoms with E-state index in [-0.39, 0.29) is 18.3 Å². The van der Waals surface area contributed by atoms with Crippen LogP contribution in [0.15, 0.2) is 58.7 Å². The number of anilines is 1. The Bertz CT molecular complexity index is 1000. The maximum atomic E-state index is 14.0. The smallest absolute Gasteiger partial charge is 0.274 e. The molecule has 0 atom stereocenters. The van der Waals surface area contributed by atoms with E-state index in [4.69, 9.17) is 4.42 Å². The number of fused-ring (bicyclic) bond motifs is 1. The molecule has 0 saturated heterocycles. The molecular weight excluding hydrogens is 329 g/mol. The predicted molar refractivity (Wildman–Crippen MR) is 89.8 cm³/mol. The number of nitrogens with zero attached hydrogens (tertiary/aromatic N) is 2. The van der Waals surface area contributed by atoms with Crippen molar-refractivity contribution < 1.29 is 13.6 Å². The minimum absolute atomic E-state index is 0.232. The largest absolute Gasteiger partial charge is 0.463 e. The number of thiazole rings is 1. The summed E-state index contributed by atoms with van der Waals surface area (Å²) >= 11 is 1.33. The summed E-state index contributed by atoms with van der Waals surface area (Å²) in [5.74, 6) is -0.623. The van der Waals surface area contributed by atoms with E-state index in [1.165, 1.54) is 17.4 Å². The number of carbonyl (C=O) groups is 1. The van der Waals surface area contributed by atoms with E-state index in [1.54, 1.807) is 52.7 Å². The second-order valence-electron chi connectivity index (χ2n) is 5.17. The Kier molecular flexibility index (Phi) is 3.62. The van der Waals surface area contributed by atoms with E-state index in [2.05, 4.69) is 10.3 Å². The topological polar surface area (TPSA) is 60.1 Å². The third-order valence-corrected chi connectivity index (χ3v) is 4.38. The van der Waals surface area contributed by atoms with Gasteiger partial charge in [-0.25, -0.2) is 9.37 Å². The number of hydrogen-bond acceptors (Lipinski definition) is 4. The first-order valence-electron chi connectivity index (χ1n) is 7.23. The van der Waals surface area contributed by atoms with E-state index < -0.39 is 0 Å². The van der Waals surface area contributed by atoms with Crippen molar-refractivity contribution in [2.24, 2.45) is 0 Å². The number of carbonyl (C=O) groups excluding carboxylic acids is 1. The Hall–Kier alpha value is -2.93. The first kappa shape index (κ1) is 14.6. The van der Waals surface area contributed by atoms with Crippen LogP contribution in [0, 0.1) is 5.82 Å². The molecule has 24 heavy (non-hydrogen) atoms. The molecule has 0 saturated carbocycles. The molecule has 0 unspecified atom stereocenters. The van der Waals surface area contributed by atoms with Crippen LogP contribution < -0.4 is 5.32 Å². The normalized spacial score (nSPS) is 11.0. The fourth-order valence-corrected chi connectivity index (χ4v) is 3.10. The van der Waals surface area contributed by atoms with Gasteiger partial charge < -0.3 is 8.98 Å². The van der Waals surface area contributed by atoms with Crippen LogP contribution in [-0.4, -0.2) is 15.5 Å². The first-order chi connectivity index (χ1) is 11.7. The highest BCUT2D eigenvalue weighted by molar-refractivity contribution is 7.13. The van der Waals surface area contributed by atoms with Gasteiger partial charge in [-0.1, -0.05) is 18.2 Å². The molecule has 1 N–H and O–H groups in total. The molecule has 4 aromatic rings. The van der Waals surface area contributed by atoms with Crippen LogP contribution >= 0.6 is 11.3 Å².